The van der Waals surface area contributed by atoms with E-state index in [9.17, 15) is 54.3 Å². The minimum Gasteiger partial charge on any atom is -0.495 e. The molecule has 0 unspecified atom stereocenters. The fourth-order valence-electron chi connectivity index (χ4n) is 20.1. The van der Waals surface area contributed by atoms with Gasteiger partial charge in [0.25, 0.3) is 23.6 Å². The van der Waals surface area contributed by atoms with Gasteiger partial charge in [-0.25, -0.2) is 55.1 Å². The quantitative estimate of drug-likeness (QED) is 0.0658. The second-order valence-corrected chi connectivity index (χ2v) is 34.9. The van der Waals surface area contributed by atoms with Crippen LogP contribution in [-0.2, 0) is 19.2 Å². The Bertz CT molecular complexity index is 5770. The Morgan fingerprint density at radius 3 is 0.674 bits per heavy atom. The van der Waals surface area contributed by atoms with Crippen LogP contribution in [0.5, 0.6) is 23.0 Å². The van der Waals surface area contributed by atoms with Gasteiger partial charge in [0.2, 0.25) is 0 Å². The molecule has 0 spiro atoms. The molecule has 8 aliphatic rings. The second kappa shape index (κ2) is 38.6. The van der Waals surface area contributed by atoms with Crippen LogP contribution in [0.15, 0.2) is 218 Å². The first-order valence-electron chi connectivity index (χ1n) is 44.5. The third-order valence-electron chi connectivity index (χ3n) is 26.3. The van der Waals surface area contributed by atoms with Crippen molar-refractivity contribution in [1.82, 2.24) is 57.8 Å². The number of nitrogens with zero attached hydrogens (tertiary/aromatic N) is 12. The highest BCUT2D eigenvalue weighted by Crippen LogP contribution is 2.49. The van der Waals surface area contributed by atoms with Gasteiger partial charge in [0.05, 0.1) is 123 Å². The smallest absolute Gasteiger partial charge is 0.250 e. The first kappa shape index (κ1) is 90.0. The number of hydrogen-bond acceptors (Lipinski definition) is 12. The molecule has 680 valence electrons. The summed E-state index contributed by atoms with van der Waals surface area (Å²) in [6.07, 6.45) is 35.2. The van der Waals surface area contributed by atoms with Crippen LogP contribution in [-0.4, -0.2) is 134 Å². The molecule has 20 rings (SSSR count). The summed E-state index contributed by atoms with van der Waals surface area (Å²) in [4.78, 5) is 78.0. The average molecular weight is 1800 g/mol. The molecule has 0 bridgehead atoms. The molecule has 28 heteroatoms. The predicted octanol–water partition coefficient (Wildman–Crippen LogP) is 21.5. The van der Waals surface area contributed by atoms with Crippen molar-refractivity contribution in [1.29, 1.82) is 0 Å². The molecule has 12 heterocycles. The minimum atomic E-state index is -0.877. The van der Waals surface area contributed by atoms with Crippen LogP contribution in [0, 0.1) is 74.2 Å². The zero-order valence-corrected chi connectivity index (χ0v) is 74.4. The van der Waals surface area contributed by atoms with Crippen LogP contribution >= 0.6 is 0 Å². The Hall–Kier alpha value is -13.9. The van der Waals surface area contributed by atoms with Crippen molar-refractivity contribution in [2.45, 2.75) is 179 Å². The number of fused-ring (bicyclic) bond motifs is 4. The largest absolute Gasteiger partial charge is 0.495 e. The van der Waals surface area contributed by atoms with E-state index in [1.165, 1.54) is 24.3 Å². The van der Waals surface area contributed by atoms with Crippen molar-refractivity contribution >= 4 is 47.9 Å². The van der Waals surface area contributed by atoms with E-state index in [1.54, 1.807) is 78.0 Å². The van der Waals surface area contributed by atoms with E-state index in [0.717, 1.165) is 191 Å². The summed E-state index contributed by atoms with van der Waals surface area (Å²) in [5, 5.41) is 0. The highest BCUT2D eigenvalue weighted by Gasteiger charge is 2.47. The standard InChI is InChI=1S/4C26H25F2N3O2/c4*1-16-14-30(15-29-16)24-9-6-17(11-25(24)33-2)10-19-12-20-4-3-5-23(31(20)26(19)32)18-7-8-21(27)22(28)13-18/h4*6-11,13-15,20,23H,3-5,12H2,1-2H3/b2*19-10+;2*19-10-/t4*20-,23-/m1010/s1. The number of piperidine rings is 4. The van der Waals surface area contributed by atoms with Gasteiger partial charge in [0.1, 0.15) is 23.0 Å². The average Bonchev–Trinajstić information content (AvgIpc) is 1.63. The van der Waals surface area contributed by atoms with E-state index in [1.807, 2.05) is 187 Å². The lowest BCUT2D eigenvalue weighted by Crippen LogP contribution is -2.40. The Morgan fingerprint density at radius 1 is 0.280 bits per heavy atom. The Balaban J connectivity index is 0.000000123. The summed E-state index contributed by atoms with van der Waals surface area (Å²) >= 11 is 0. The number of amides is 4. The third-order valence-corrected chi connectivity index (χ3v) is 26.3. The molecule has 4 aromatic heterocycles. The first-order chi connectivity index (χ1) is 63.8. The van der Waals surface area contributed by atoms with Gasteiger partial charge < -0.3 is 56.8 Å². The molecule has 20 nitrogen and oxygen atoms in total. The number of imidazole rings is 4. The summed E-state index contributed by atoms with van der Waals surface area (Å²) in [7, 11) is 6.47. The van der Waals surface area contributed by atoms with Crippen LogP contribution < -0.4 is 18.9 Å². The Morgan fingerprint density at radius 2 is 0.492 bits per heavy atom. The lowest BCUT2D eigenvalue weighted by molar-refractivity contribution is -0.131. The van der Waals surface area contributed by atoms with Crippen LogP contribution in [0.1, 0.15) is 194 Å². The fraction of sp³-hybridized carbons (Fsp3) is 0.308. The van der Waals surface area contributed by atoms with Gasteiger partial charge in [-0.1, -0.05) is 48.5 Å². The van der Waals surface area contributed by atoms with Crippen molar-refractivity contribution < 1.29 is 73.2 Å². The van der Waals surface area contributed by atoms with Crippen molar-refractivity contribution in [3.8, 4) is 45.7 Å². The molecule has 4 amide bonds. The number of halogens is 8. The number of ether oxygens (including phenoxy) is 4. The highest BCUT2D eigenvalue weighted by atomic mass is 19.2. The van der Waals surface area contributed by atoms with E-state index in [2.05, 4.69) is 19.9 Å². The molecule has 8 atom stereocenters. The molecule has 8 saturated heterocycles. The zero-order valence-electron chi connectivity index (χ0n) is 74.4. The second-order valence-electron chi connectivity index (χ2n) is 34.9. The number of rotatable bonds is 16. The number of carbonyl (C=O) groups is 4. The van der Waals surface area contributed by atoms with Crippen LogP contribution in [0.3, 0.4) is 0 Å². The summed E-state index contributed by atoms with van der Waals surface area (Å²) in [6, 6.07) is 38.4. The lowest BCUT2D eigenvalue weighted by atomic mass is 9.91. The maximum atomic E-state index is 13.9. The van der Waals surface area contributed by atoms with Crippen molar-refractivity contribution in [2.24, 2.45) is 0 Å². The van der Waals surface area contributed by atoms with E-state index >= 15 is 0 Å². The third kappa shape index (κ3) is 18.8. The Kier molecular flexibility index (Phi) is 26.4. The number of benzene rings is 8. The van der Waals surface area contributed by atoms with Gasteiger partial charge in [0.15, 0.2) is 46.5 Å². The topological polar surface area (TPSA) is 189 Å². The molecular formula is C104H100F8N12O8. The molecule has 0 radical (unpaired) electrons. The van der Waals surface area contributed by atoms with Gasteiger partial charge in [-0.15, -0.1) is 0 Å². The highest BCUT2D eigenvalue weighted by molar-refractivity contribution is 6.03. The van der Waals surface area contributed by atoms with Crippen molar-refractivity contribution in [2.75, 3.05) is 28.4 Å². The Labute approximate surface area is 759 Å². The van der Waals surface area contributed by atoms with Gasteiger partial charge in [-0.2, -0.15) is 0 Å². The maximum absolute atomic E-state index is 13.9. The molecule has 8 aromatic carbocycles. The summed E-state index contributed by atoms with van der Waals surface area (Å²) in [6.45, 7) is 7.71. The van der Waals surface area contributed by atoms with E-state index < -0.39 is 46.5 Å². The monoisotopic (exact) mass is 1800 g/mol. The first-order valence-corrected chi connectivity index (χ1v) is 44.5. The molecule has 0 saturated carbocycles. The van der Waals surface area contributed by atoms with Gasteiger partial charge in [-0.3, -0.25) is 19.2 Å². The molecule has 8 fully saturated rings. The number of aryl methyl sites for hydroxylation is 4. The SMILES string of the molecule is COc1cc(/C=C2/C[C@@H]3CCC[C@@H](c4ccc(F)c(F)c4)N3C2=O)ccc1-n1cnc(C)c1.COc1cc(/C=C2/C[C@H]3CCC[C@H](c4ccc(F)c(F)c4)N3C2=O)ccc1-n1cnc(C)c1.COc1cc(/C=C2\C[C@@H]3CCC[C@@H](c4ccc(F)c(F)c4)N3C2=O)ccc1-n1cnc(C)c1.COc1cc(/C=C2\C[C@H]3CCC[C@H](c4ccc(F)c(F)c4)N3C2=O)ccc1-n1cnc(C)c1. The molecule has 132 heavy (non-hydrogen) atoms. The maximum Gasteiger partial charge on any atom is 0.250 e. The molecule has 8 aliphatic heterocycles. The molecule has 0 aliphatic carbocycles. The number of methoxy groups -OCH3 is 4. The normalized spacial score (nSPS) is 21.5. The molecular weight excluding hydrogens is 1700 g/mol. The van der Waals surface area contributed by atoms with Crippen LogP contribution in [0.4, 0.5) is 35.1 Å². The van der Waals surface area contributed by atoms with E-state index in [-0.39, 0.29) is 72.0 Å². The lowest BCUT2D eigenvalue weighted by Gasteiger charge is -2.37. The number of aromatic nitrogens is 8. The van der Waals surface area contributed by atoms with Crippen LogP contribution in [0.25, 0.3) is 47.1 Å². The summed E-state index contributed by atoms with van der Waals surface area (Å²) in [5.41, 5.74) is 16.1. The zero-order chi connectivity index (χ0) is 92.4. The molecule has 12 aromatic rings. The number of carbonyl (C=O) groups excluding carboxylic acids is 4. The molecule has 0 N–H and O–H groups in total. The fourth-order valence-corrected chi connectivity index (χ4v) is 20.1. The summed E-state index contributed by atoms with van der Waals surface area (Å²) in [5.74, 6) is -4.42. The van der Waals surface area contributed by atoms with Gasteiger partial charge in [0, 0.05) is 71.2 Å². The minimum absolute atomic E-state index is 0.0392. The van der Waals surface area contributed by atoms with E-state index in [0.29, 0.717) is 70.9 Å². The van der Waals surface area contributed by atoms with E-state index in [4.69, 9.17) is 18.9 Å². The van der Waals surface area contributed by atoms with Crippen molar-refractivity contribution in [3.05, 3.63) is 332 Å². The summed E-state index contributed by atoms with van der Waals surface area (Å²) < 4.78 is 139. The van der Waals surface area contributed by atoms with Crippen LogP contribution in [0.2, 0.25) is 0 Å². The predicted molar refractivity (Wildman–Crippen MR) is 484 cm³/mol. The van der Waals surface area contributed by atoms with Gasteiger partial charge in [-0.05, 0) is 296 Å². The number of hydrogen-bond donors (Lipinski definition) is 0. The van der Waals surface area contributed by atoms with Crippen molar-refractivity contribution in [3.63, 3.8) is 0 Å². The van der Waals surface area contributed by atoms with Gasteiger partial charge >= 0.3 is 0 Å².